The van der Waals surface area contributed by atoms with Gasteiger partial charge in [-0.25, -0.2) is 0 Å². The van der Waals surface area contributed by atoms with Crippen LogP contribution in [0.1, 0.15) is 25.7 Å². The second-order valence-electron chi connectivity index (χ2n) is 3.94. The van der Waals surface area contributed by atoms with Crippen molar-refractivity contribution in [3.8, 4) is 18.8 Å². The quantitative estimate of drug-likeness (QED) is 0.302. The van der Waals surface area contributed by atoms with Gasteiger partial charge >= 0.3 is 23.1 Å². The third-order valence-corrected chi connectivity index (χ3v) is 2.64. The molecule has 2 rings (SSSR count). The van der Waals surface area contributed by atoms with Crippen LogP contribution in [0.25, 0.3) is 0 Å². The van der Waals surface area contributed by atoms with Crippen molar-refractivity contribution in [3.63, 3.8) is 0 Å². The van der Waals surface area contributed by atoms with Crippen LogP contribution in [0, 0.1) is 25.2 Å². The number of terminal acetylenes is 2. The molecule has 0 atom stereocenters. The molecule has 0 radical (unpaired) electrons. The molecule has 2 saturated heterocycles. The first-order chi connectivity index (χ1) is 8.66. The SMILES string of the molecule is C#CC1(O)CCOCC1.O=C1CCOCC1.[C-]#C.[Cl-].[Mg+2]. The van der Waals surface area contributed by atoms with Gasteiger partial charge in [-0.2, -0.15) is 0 Å². The van der Waals surface area contributed by atoms with Crippen molar-refractivity contribution in [1.29, 1.82) is 0 Å². The molecule has 0 saturated carbocycles. The Balaban J connectivity index is -0.000000240. The van der Waals surface area contributed by atoms with Crippen molar-refractivity contribution in [2.24, 2.45) is 0 Å². The van der Waals surface area contributed by atoms with Gasteiger partial charge in [0.05, 0.1) is 26.4 Å². The van der Waals surface area contributed by atoms with E-state index in [2.05, 4.69) is 12.3 Å². The first kappa shape index (κ1) is 24.7. The Hall–Kier alpha value is -0.274. The van der Waals surface area contributed by atoms with Crippen molar-refractivity contribution in [2.75, 3.05) is 26.4 Å². The molecule has 0 aromatic heterocycles. The van der Waals surface area contributed by atoms with Gasteiger partial charge in [-0.15, -0.1) is 6.42 Å². The molecule has 20 heavy (non-hydrogen) atoms. The maximum absolute atomic E-state index is 10.4. The molecule has 0 unspecified atom stereocenters. The van der Waals surface area contributed by atoms with E-state index < -0.39 is 5.60 Å². The van der Waals surface area contributed by atoms with E-state index in [4.69, 9.17) is 22.3 Å². The molecule has 2 aliphatic rings. The normalized spacial score (nSPS) is 19.2. The summed E-state index contributed by atoms with van der Waals surface area (Å²) in [7, 11) is 0. The van der Waals surface area contributed by atoms with Gasteiger partial charge in [0.25, 0.3) is 0 Å². The molecule has 0 aliphatic carbocycles. The molecule has 4 nitrogen and oxygen atoms in total. The first-order valence-corrected chi connectivity index (χ1v) is 5.82. The van der Waals surface area contributed by atoms with E-state index in [0.717, 1.165) is 0 Å². The summed E-state index contributed by atoms with van der Waals surface area (Å²) in [5, 5.41) is 9.36. The maximum Gasteiger partial charge on any atom is 2.00 e. The molecule has 0 bridgehead atoms. The number of Topliss-reactive ketones (excluding diaryl/α,β-unsaturated/α-hetero) is 1. The second-order valence-corrected chi connectivity index (χ2v) is 3.94. The number of rotatable bonds is 0. The number of aliphatic hydroxyl groups is 1. The van der Waals surface area contributed by atoms with Gasteiger partial charge in [0, 0.05) is 25.7 Å². The van der Waals surface area contributed by atoms with Crippen LogP contribution in [-0.4, -0.2) is 66.0 Å². The van der Waals surface area contributed by atoms with Gasteiger partial charge in [0.15, 0.2) is 0 Å². The van der Waals surface area contributed by atoms with Crippen molar-refractivity contribution in [2.45, 2.75) is 31.3 Å². The van der Waals surface area contributed by atoms with Crippen molar-refractivity contribution < 1.29 is 31.8 Å². The third-order valence-electron chi connectivity index (χ3n) is 2.64. The molecule has 0 amide bonds. The first-order valence-electron chi connectivity index (χ1n) is 5.82. The number of ketones is 1. The molecular weight excluding hydrogens is 292 g/mol. The van der Waals surface area contributed by atoms with E-state index in [1.165, 1.54) is 0 Å². The fourth-order valence-electron chi connectivity index (χ4n) is 1.45. The topological polar surface area (TPSA) is 55.8 Å². The Labute approximate surface area is 143 Å². The van der Waals surface area contributed by atoms with Gasteiger partial charge in [0.1, 0.15) is 11.4 Å². The summed E-state index contributed by atoms with van der Waals surface area (Å²) < 4.78 is 9.93. The van der Waals surface area contributed by atoms with Crippen LogP contribution in [-0.2, 0) is 14.3 Å². The minimum absolute atomic E-state index is 0. The fourth-order valence-corrected chi connectivity index (χ4v) is 1.45. The maximum atomic E-state index is 10.4. The summed E-state index contributed by atoms with van der Waals surface area (Å²) >= 11 is 0. The number of carbonyl (C=O) groups excluding carboxylic acids is 1. The molecule has 6 heteroatoms. The molecule has 2 fully saturated rings. The minimum Gasteiger partial charge on any atom is -1.00 e. The standard InChI is InChI=1S/C7H10O2.C5H8O2.C2H.ClH.Mg/c1-2-7(8)3-5-9-6-4-7;6-5-1-3-7-4-2-5;1-2;;/h1,8H,3-6H2;1-4H2;1H;1H;/q;;-1;;+2/p-1. The number of carbonyl (C=O) groups is 1. The summed E-state index contributed by atoms with van der Waals surface area (Å²) in [5.74, 6) is 2.69. The van der Waals surface area contributed by atoms with Gasteiger partial charge in [-0.3, -0.25) is 4.79 Å². The number of ether oxygens (including phenoxy) is 2. The van der Waals surface area contributed by atoms with E-state index in [9.17, 15) is 9.90 Å². The van der Waals surface area contributed by atoms with Crippen LogP contribution in [0.4, 0.5) is 0 Å². The smallest absolute Gasteiger partial charge is 1.00 e. The number of hydrogen-bond acceptors (Lipinski definition) is 4. The molecular formula is C14H19ClMgO4. The zero-order valence-electron chi connectivity index (χ0n) is 11.6. The minimum atomic E-state index is -0.877. The van der Waals surface area contributed by atoms with E-state index >= 15 is 0 Å². The summed E-state index contributed by atoms with van der Waals surface area (Å²) in [6.45, 7) is 2.44. The Bertz CT molecular complexity index is 298. The average molecular weight is 311 g/mol. The molecule has 0 aromatic rings. The van der Waals surface area contributed by atoms with Gasteiger partial charge < -0.3 is 39.8 Å². The van der Waals surface area contributed by atoms with Crippen LogP contribution < -0.4 is 12.4 Å². The van der Waals surface area contributed by atoms with E-state index in [-0.39, 0.29) is 35.5 Å². The van der Waals surface area contributed by atoms with E-state index in [1.54, 1.807) is 0 Å². The summed E-state index contributed by atoms with van der Waals surface area (Å²) in [6.07, 6.45) is 16.5. The average Bonchev–Trinajstić information content (AvgIpc) is 2.43. The second kappa shape index (κ2) is 15.1. The Morgan fingerprint density at radius 1 is 1.10 bits per heavy atom. The van der Waals surface area contributed by atoms with Crippen molar-refractivity contribution in [3.05, 3.63) is 6.42 Å². The number of halogens is 1. The summed E-state index contributed by atoms with van der Waals surface area (Å²) in [6, 6.07) is 0. The molecule has 2 aliphatic heterocycles. The van der Waals surface area contributed by atoms with Crippen LogP contribution >= 0.6 is 0 Å². The van der Waals surface area contributed by atoms with Crippen LogP contribution in [0.3, 0.4) is 0 Å². The monoisotopic (exact) mass is 310 g/mol. The third kappa shape index (κ3) is 11.5. The molecule has 108 valence electrons. The molecule has 2 heterocycles. The molecule has 1 N–H and O–H groups in total. The summed E-state index contributed by atoms with van der Waals surface area (Å²) in [4.78, 5) is 10.4. The Morgan fingerprint density at radius 3 is 1.75 bits per heavy atom. The zero-order chi connectivity index (χ0) is 13.9. The van der Waals surface area contributed by atoms with Crippen LogP contribution in [0.15, 0.2) is 0 Å². The van der Waals surface area contributed by atoms with Crippen LogP contribution in [0.5, 0.6) is 0 Å². The van der Waals surface area contributed by atoms with Gasteiger partial charge in [-0.1, -0.05) is 5.92 Å². The predicted octanol–water partition coefficient (Wildman–Crippen LogP) is -2.64. The van der Waals surface area contributed by atoms with Crippen LogP contribution in [0.2, 0.25) is 0 Å². The Morgan fingerprint density at radius 2 is 1.50 bits per heavy atom. The Kier molecular flexibility index (Phi) is 18.7. The summed E-state index contributed by atoms with van der Waals surface area (Å²) in [5.41, 5.74) is -0.877. The van der Waals surface area contributed by atoms with E-state index in [1.807, 2.05) is 0 Å². The van der Waals surface area contributed by atoms with Gasteiger partial charge in [0.2, 0.25) is 0 Å². The van der Waals surface area contributed by atoms with Crippen molar-refractivity contribution in [1.82, 2.24) is 0 Å². The van der Waals surface area contributed by atoms with Crippen molar-refractivity contribution >= 4 is 28.8 Å². The molecule has 0 aromatic carbocycles. The fraction of sp³-hybridized carbons (Fsp3) is 0.643. The van der Waals surface area contributed by atoms with E-state index in [0.29, 0.717) is 57.9 Å². The predicted molar refractivity (Wildman–Crippen MR) is 72.8 cm³/mol. The molecule has 0 spiro atoms. The van der Waals surface area contributed by atoms with Gasteiger partial charge in [-0.05, 0) is 0 Å². The largest absolute Gasteiger partial charge is 2.00 e. The number of hydrogen-bond donors (Lipinski definition) is 1. The zero-order valence-corrected chi connectivity index (χ0v) is 13.7.